The average Bonchev–Trinajstić information content (AvgIpc) is 2.35. The van der Waals surface area contributed by atoms with Gasteiger partial charge in [-0.2, -0.15) is 4.31 Å². The van der Waals surface area contributed by atoms with Crippen LogP contribution in [0.3, 0.4) is 0 Å². The highest BCUT2D eigenvalue weighted by atomic mass is 32.2. The molecule has 0 atom stereocenters. The Morgan fingerprint density at radius 2 is 2.11 bits per heavy atom. The van der Waals surface area contributed by atoms with Crippen LogP contribution < -0.4 is 5.32 Å². The number of nitrogens with zero attached hydrogens (tertiary/aromatic N) is 1. The lowest BCUT2D eigenvalue weighted by atomic mass is 10.2. The first-order valence-electron chi connectivity index (χ1n) is 5.44. The van der Waals surface area contributed by atoms with E-state index in [0.717, 1.165) is 22.5 Å². The molecule has 0 fully saturated rings. The molecule has 0 heterocycles. The first-order valence-corrected chi connectivity index (χ1v) is 6.88. The van der Waals surface area contributed by atoms with E-state index in [9.17, 15) is 17.6 Å². The molecule has 0 amide bonds. The molecule has 0 saturated carbocycles. The largest absolute Gasteiger partial charge is 0.478 e. The Bertz CT molecular complexity index is 574. The molecule has 106 valence electrons. The number of rotatable bonds is 6. The van der Waals surface area contributed by atoms with Gasteiger partial charge in [0.2, 0.25) is 10.0 Å². The first kappa shape index (κ1) is 15.5. The summed E-state index contributed by atoms with van der Waals surface area (Å²) >= 11 is 0. The predicted molar refractivity (Wildman–Crippen MR) is 67.1 cm³/mol. The smallest absolute Gasteiger partial charge is 0.338 e. The lowest BCUT2D eigenvalue weighted by Gasteiger charge is -2.17. The van der Waals surface area contributed by atoms with E-state index >= 15 is 0 Å². The molecular formula is C11H15FN2O4S. The highest BCUT2D eigenvalue weighted by molar-refractivity contribution is 7.89. The van der Waals surface area contributed by atoms with Gasteiger partial charge in [-0.1, -0.05) is 0 Å². The Morgan fingerprint density at radius 3 is 2.63 bits per heavy atom. The number of likely N-dealkylation sites (N-methyl/N-ethyl adjacent to an activating group) is 2. The Labute approximate surface area is 110 Å². The topological polar surface area (TPSA) is 86.7 Å². The van der Waals surface area contributed by atoms with E-state index < -0.39 is 27.4 Å². The van der Waals surface area contributed by atoms with Gasteiger partial charge in [0.25, 0.3) is 0 Å². The van der Waals surface area contributed by atoms with Crippen molar-refractivity contribution in [3.05, 3.63) is 29.6 Å². The summed E-state index contributed by atoms with van der Waals surface area (Å²) in [7, 11) is -0.768. The molecule has 0 unspecified atom stereocenters. The molecule has 0 spiro atoms. The van der Waals surface area contributed by atoms with E-state index in [1.807, 2.05) is 0 Å². The van der Waals surface area contributed by atoms with E-state index in [1.165, 1.54) is 7.05 Å². The van der Waals surface area contributed by atoms with Crippen molar-refractivity contribution < 1.29 is 22.7 Å². The zero-order valence-electron chi connectivity index (χ0n) is 10.6. The lowest BCUT2D eigenvalue weighted by Crippen LogP contribution is -2.33. The van der Waals surface area contributed by atoms with Crippen molar-refractivity contribution in [2.45, 2.75) is 4.90 Å². The fourth-order valence-corrected chi connectivity index (χ4v) is 2.60. The summed E-state index contributed by atoms with van der Waals surface area (Å²) in [5.41, 5.74) is -0.664. The number of aromatic carboxylic acids is 1. The van der Waals surface area contributed by atoms with Crippen molar-refractivity contribution in [2.75, 3.05) is 27.2 Å². The summed E-state index contributed by atoms with van der Waals surface area (Å²) in [5.74, 6) is -2.48. The molecule has 0 radical (unpaired) electrons. The zero-order valence-corrected chi connectivity index (χ0v) is 11.4. The van der Waals surface area contributed by atoms with Crippen molar-refractivity contribution in [3.8, 4) is 0 Å². The maximum atomic E-state index is 13.2. The molecule has 0 saturated heterocycles. The van der Waals surface area contributed by atoms with Gasteiger partial charge in [-0.3, -0.25) is 0 Å². The van der Waals surface area contributed by atoms with Crippen LogP contribution in [-0.4, -0.2) is 51.0 Å². The molecule has 19 heavy (non-hydrogen) atoms. The van der Waals surface area contributed by atoms with Crippen LogP contribution in [0.5, 0.6) is 0 Å². The highest BCUT2D eigenvalue weighted by Crippen LogP contribution is 2.18. The van der Waals surface area contributed by atoms with E-state index in [1.54, 1.807) is 7.05 Å². The number of carboxylic acids is 1. The van der Waals surface area contributed by atoms with Gasteiger partial charge in [-0.05, 0) is 25.2 Å². The second kappa shape index (κ2) is 6.09. The predicted octanol–water partition coefficient (Wildman–Crippen LogP) is 0.364. The number of halogens is 1. The molecule has 0 aromatic heterocycles. The molecule has 2 N–H and O–H groups in total. The van der Waals surface area contributed by atoms with Crippen molar-refractivity contribution in [2.24, 2.45) is 0 Å². The molecule has 8 heteroatoms. The third kappa shape index (κ3) is 3.49. The molecular weight excluding hydrogens is 275 g/mol. The number of carboxylic acid groups (broad SMARTS) is 1. The van der Waals surface area contributed by atoms with E-state index in [4.69, 9.17) is 5.11 Å². The van der Waals surface area contributed by atoms with Gasteiger partial charge in [-0.15, -0.1) is 0 Å². The Balaban J connectivity index is 3.15. The molecule has 1 rings (SSSR count). The third-order valence-electron chi connectivity index (χ3n) is 2.55. The summed E-state index contributed by atoms with van der Waals surface area (Å²) in [4.78, 5) is 10.5. The zero-order chi connectivity index (χ0) is 14.6. The van der Waals surface area contributed by atoms with Crippen molar-refractivity contribution in [1.29, 1.82) is 0 Å². The van der Waals surface area contributed by atoms with Crippen LogP contribution in [0.2, 0.25) is 0 Å². The normalized spacial score (nSPS) is 11.8. The van der Waals surface area contributed by atoms with Crippen LogP contribution in [0, 0.1) is 5.82 Å². The van der Waals surface area contributed by atoms with Gasteiger partial charge < -0.3 is 10.4 Å². The molecule has 1 aromatic carbocycles. The fraction of sp³-hybridized carbons (Fsp3) is 0.364. The van der Waals surface area contributed by atoms with Gasteiger partial charge >= 0.3 is 5.97 Å². The van der Waals surface area contributed by atoms with E-state index in [-0.39, 0.29) is 11.4 Å². The lowest BCUT2D eigenvalue weighted by molar-refractivity contribution is 0.0691. The molecule has 1 aromatic rings. The minimum absolute atomic E-state index is 0.221. The monoisotopic (exact) mass is 290 g/mol. The fourth-order valence-electron chi connectivity index (χ4n) is 1.40. The number of hydrogen-bond donors (Lipinski definition) is 2. The van der Waals surface area contributed by atoms with Crippen LogP contribution in [0.4, 0.5) is 4.39 Å². The second-order valence-corrected chi connectivity index (χ2v) is 5.92. The van der Waals surface area contributed by atoms with E-state index in [2.05, 4.69) is 5.32 Å². The number of sulfonamides is 1. The summed E-state index contributed by atoms with van der Waals surface area (Å²) in [6.45, 7) is 0.668. The van der Waals surface area contributed by atoms with E-state index in [0.29, 0.717) is 6.54 Å². The Hall–Kier alpha value is -1.51. The summed E-state index contributed by atoms with van der Waals surface area (Å²) in [5, 5.41) is 11.6. The van der Waals surface area contributed by atoms with Crippen molar-refractivity contribution in [1.82, 2.24) is 9.62 Å². The summed E-state index contributed by atoms with van der Waals surface area (Å²) in [6.07, 6.45) is 0. The summed E-state index contributed by atoms with van der Waals surface area (Å²) < 4.78 is 38.5. The number of hydrogen-bond acceptors (Lipinski definition) is 4. The third-order valence-corrected chi connectivity index (χ3v) is 4.41. The number of nitrogens with one attached hydrogen (secondary N) is 1. The van der Waals surface area contributed by atoms with Crippen LogP contribution in [0.25, 0.3) is 0 Å². The quantitative estimate of drug-likeness (QED) is 0.790. The molecule has 0 bridgehead atoms. The maximum Gasteiger partial charge on any atom is 0.338 e. The maximum absolute atomic E-state index is 13.2. The standard InChI is InChI=1S/C11H15FN2O4S/c1-13-5-6-14(2)19(17,18)8-3-4-10(12)9(7-8)11(15)16/h3-4,7,13H,5-6H2,1-2H3,(H,15,16). The van der Waals surface area contributed by atoms with Crippen LogP contribution in [0.15, 0.2) is 23.1 Å². The van der Waals surface area contributed by atoms with Crippen molar-refractivity contribution >= 4 is 16.0 Å². The minimum atomic E-state index is -3.82. The SMILES string of the molecule is CNCCN(C)S(=O)(=O)c1ccc(F)c(C(=O)O)c1. The highest BCUT2D eigenvalue weighted by Gasteiger charge is 2.23. The molecule has 0 aliphatic heterocycles. The first-order chi connectivity index (χ1) is 8.80. The average molecular weight is 290 g/mol. The minimum Gasteiger partial charge on any atom is -0.478 e. The van der Waals surface area contributed by atoms with Gasteiger partial charge in [-0.25, -0.2) is 17.6 Å². The number of benzene rings is 1. The molecule has 6 nitrogen and oxygen atoms in total. The van der Waals surface area contributed by atoms with Gasteiger partial charge in [0.15, 0.2) is 0 Å². The molecule has 0 aliphatic rings. The molecule has 0 aliphatic carbocycles. The van der Waals surface area contributed by atoms with Crippen molar-refractivity contribution in [3.63, 3.8) is 0 Å². The van der Waals surface area contributed by atoms with Crippen LogP contribution >= 0.6 is 0 Å². The number of carbonyl (C=O) groups is 1. The Morgan fingerprint density at radius 1 is 1.47 bits per heavy atom. The van der Waals surface area contributed by atoms with Gasteiger partial charge in [0.1, 0.15) is 5.82 Å². The van der Waals surface area contributed by atoms with Crippen LogP contribution in [0.1, 0.15) is 10.4 Å². The van der Waals surface area contributed by atoms with Crippen LogP contribution in [-0.2, 0) is 10.0 Å². The second-order valence-electron chi connectivity index (χ2n) is 3.88. The Kier molecular flexibility index (Phi) is 4.98. The summed E-state index contributed by atoms with van der Waals surface area (Å²) in [6, 6.07) is 2.71. The van der Waals surface area contributed by atoms with Gasteiger partial charge in [0, 0.05) is 20.1 Å². The van der Waals surface area contributed by atoms with Gasteiger partial charge in [0.05, 0.1) is 10.5 Å².